The quantitative estimate of drug-likeness (QED) is 0.450. The third kappa shape index (κ3) is 4.53. The molecule has 0 aliphatic heterocycles. The molecule has 18 heavy (non-hydrogen) atoms. The molecule has 1 atom stereocenters. The zero-order chi connectivity index (χ0) is 13.5. The van der Waals surface area contributed by atoms with Crippen LogP contribution < -0.4 is 0 Å². The van der Waals surface area contributed by atoms with E-state index in [2.05, 4.69) is 4.74 Å². The number of Topliss-reactive ketones (excluding diaryl/α,β-unsaturated/α-hetero) is 1. The Morgan fingerprint density at radius 2 is 1.89 bits per heavy atom. The van der Waals surface area contributed by atoms with E-state index in [1.807, 2.05) is 38.1 Å². The Bertz CT molecular complexity index is 412. The first-order valence-corrected chi connectivity index (χ1v) is 6.81. The maximum atomic E-state index is 11.5. The van der Waals surface area contributed by atoms with Crippen molar-refractivity contribution in [3.8, 4) is 0 Å². The summed E-state index contributed by atoms with van der Waals surface area (Å²) in [7, 11) is 1.39. The summed E-state index contributed by atoms with van der Waals surface area (Å²) < 4.78 is 4.63. The van der Waals surface area contributed by atoms with Gasteiger partial charge in [-0.05, 0) is 12.1 Å². The molecule has 0 aliphatic rings. The van der Waals surface area contributed by atoms with Crippen LogP contribution in [-0.2, 0) is 9.53 Å². The Morgan fingerprint density at radius 3 is 2.39 bits per heavy atom. The number of benzene rings is 1. The minimum Gasteiger partial charge on any atom is -0.469 e. The highest BCUT2D eigenvalue weighted by Gasteiger charge is 2.11. The average molecular weight is 266 g/mol. The van der Waals surface area contributed by atoms with E-state index < -0.39 is 0 Å². The maximum absolute atomic E-state index is 11.5. The normalized spacial score (nSPS) is 11.9. The number of hydrogen-bond acceptors (Lipinski definition) is 4. The number of ether oxygens (including phenoxy) is 1. The van der Waals surface area contributed by atoms with Crippen LogP contribution in [0.3, 0.4) is 0 Å². The number of hydrogen-bond donors (Lipinski definition) is 0. The van der Waals surface area contributed by atoms with Crippen molar-refractivity contribution in [1.82, 2.24) is 0 Å². The molecule has 0 N–H and O–H groups in total. The van der Waals surface area contributed by atoms with Crippen LogP contribution in [0.4, 0.5) is 0 Å². The fourth-order valence-corrected chi connectivity index (χ4v) is 2.49. The second-order valence-corrected chi connectivity index (χ2v) is 5.52. The number of thioether (sulfide) groups is 1. The molecule has 0 fully saturated rings. The molecule has 1 aromatic carbocycles. The van der Waals surface area contributed by atoms with E-state index >= 15 is 0 Å². The highest BCUT2D eigenvalue weighted by atomic mass is 32.2. The summed E-state index contributed by atoms with van der Waals surface area (Å²) in [6.07, 6.45) is 0.905. The van der Waals surface area contributed by atoms with Crippen molar-refractivity contribution in [2.45, 2.75) is 36.8 Å². The Hall–Kier alpha value is -1.29. The molecule has 0 saturated heterocycles. The third-order valence-electron chi connectivity index (χ3n) is 2.52. The summed E-state index contributed by atoms with van der Waals surface area (Å²) in [6, 6.07) is 7.50. The van der Waals surface area contributed by atoms with Crippen LogP contribution in [0.5, 0.6) is 0 Å². The van der Waals surface area contributed by atoms with Gasteiger partial charge in [-0.15, -0.1) is 11.8 Å². The Balaban J connectivity index is 2.58. The van der Waals surface area contributed by atoms with Gasteiger partial charge >= 0.3 is 5.97 Å². The number of methoxy groups -OCH3 is 1. The topological polar surface area (TPSA) is 43.4 Å². The predicted octanol–water partition coefficient (Wildman–Crippen LogP) is 3.32. The van der Waals surface area contributed by atoms with E-state index in [4.69, 9.17) is 0 Å². The lowest BCUT2D eigenvalue weighted by atomic mass is 10.1. The summed E-state index contributed by atoms with van der Waals surface area (Å²) in [4.78, 5) is 23.6. The molecule has 0 aromatic heterocycles. The Kier molecular flexibility index (Phi) is 5.92. The van der Waals surface area contributed by atoms with Crippen molar-refractivity contribution < 1.29 is 14.3 Å². The molecule has 0 saturated carbocycles. The van der Waals surface area contributed by atoms with E-state index in [1.54, 1.807) is 11.8 Å². The molecule has 0 radical (unpaired) electrons. The molecule has 1 unspecified atom stereocenters. The zero-order valence-electron chi connectivity index (χ0n) is 10.9. The lowest BCUT2D eigenvalue weighted by Crippen LogP contribution is -2.08. The number of carbonyl (C=O) groups is 2. The summed E-state index contributed by atoms with van der Waals surface area (Å²) in [5.74, 6) is -0.0538. The largest absolute Gasteiger partial charge is 0.469 e. The molecule has 0 aliphatic carbocycles. The monoisotopic (exact) mass is 266 g/mol. The zero-order valence-corrected chi connectivity index (χ0v) is 11.8. The van der Waals surface area contributed by atoms with E-state index in [0.717, 1.165) is 10.5 Å². The van der Waals surface area contributed by atoms with Crippen LogP contribution >= 0.6 is 11.8 Å². The van der Waals surface area contributed by atoms with E-state index in [-0.39, 0.29) is 17.0 Å². The van der Waals surface area contributed by atoms with Gasteiger partial charge in [0.2, 0.25) is 0 Å². The molecular weight excluding hydrogens is 248 g/mol. The molecule has 4 heteroatoms. The minimum atomic E-state index is -0.201. The van der Waals surface area contributed by atoms with Crippen molar-refractivity contribution >= 4 is 23.5 Å². The maximum Gasteiger partial charge on any atom is 0.306 e. The number of carbonyl (C=O) groups excluding carboxylic acids is 2. The van der Waals surface area contributed by atoms with Gasteiger partial charge in [-0.25, -0.2) is 0 Å². The highest BCUT2D eigenvalue weighted by Crippen LogP contribution is 2.25. The second-order valence-electron chi connectivity index (χ2n) is 4.01. The number of rotatable bonds is 6. The molecule has 0 heterocycles. The smallest absolute Gasteiger partial charge is 0.306 e. The van der Waals surface area contributed by atoms with Crippen LogP contribution in [0.25, 0.3) is 0 Å². The van der Waals surface area contributed by atoms with Crippen LogP contribution in [0.1, 0.15) is 37.0 Å². The third-order valence-corrected chi connectivity index (χ3v) is 3.63. The summed E-state index contributed by atoms with van der Waals surface area (Å²) >= 11 is 1.60. The lowest BCUT2D eigenvalue weighted by Gasteiger charge is -2.09. The first kappa shape index (κ1) is 14.8. The SMILES string of the molecule is CCC(=O)c1ccc(SC(C)CC(=O)OC)cc1. The number of esters is 1. The summed E-state index contributed by atoms with van der Waals surface area (Å²) in [6.45, 7) is 3.83. The lowest BCUT2D eigenvalue weighted by molar-refractivity contribution is -0.140. The molecule has 1 aromatic rings. The van der Waals surface area contributed by atoms with Gasteiger partial charge in [0.05, 0.1) is 13.5 Å². The first-order valence-electron chi connectivity index (χ1n) is 5.93. The van der Waals surface area contributed by atoms with Crippen molar-refractivity contribution in [3.63, 3.8) is 0 Å². The molecule has 3 nitrogen and oxygen atoms in total. The molecule has 0 bridgehead atoms. The molecule has 98 valence electrons. The fourth-order valence-electron chi connectivity index (χ4n) is 1.52. The van der Waals surface area contributed by atoms with Crippen molar-refractivity contribution in [1.29, 1.82) is 0 Å². The average Bonchev–Trinajstić information content (AvgIpc) is 2.38. The van der Waals surface area contributed by atoms with Gasteiger partial charge in [0.15, 0.2) is 5.78 Å². The van der Waals surface area contributed by atoms with Crippen LogP contribution in [0.15, 0.2) is 29.2 Å². The molecular formula is C14H18O3S. The Morgan fingerprint density at radius 1 is 1.28 bits per heavy atom. The fraction of sp³-hybridized carbons (Fsp3) is 0.429. The van der Waals surface area contributed by atoms with Gasteiger partial charge in [-0.1, -0.05) is 26.0 Å². The van der Waals surface area contributed by atoms with Crippen molar-refractivity contribution in [2.24, 2.45) is 0 Å². The van der Waals surface area contributed by atoms with Crippen molar-refractivity contribution in [3.05, 3.63) is 29.8 Å². The minimum absolute atomic E-state index is 0.147. The van der Waals surface area contributed by atoms with Crippen LogP contribution in [0, 0.1) is 0 Å². The van der Waals surface area contributed by atoms with Crippen molar-refractivity contribution in [2.75, 3.05) is 7.11 Å². The van der Waals surface area contributed by atoms with E-state index in [9.17, 15) is 9.59 Å². The van der Waals surface area contributed by atoms with Crippen LogP contribution in [0.2, 0.25) is 0 Å². The molecule has 0 spiro atoms. The molecule has 0 amide bonds. The van der Waals surface area contributed by atoms with Gasteiger partial charge < -0.3 is 4.74 Å². The van der Waals surface area contributed by atoms with E-state index in [0.29, 0.717) is 12.8 Å². The van der Waals surface area contributed by atoms with Gasteiger partial charge in [-0.2, -0.15) is 0 Å². The van der Waals surface area contributed by atoms with Crippen LogP contribution in [-0.4, -0.2) is 24.1 Å². The predicted molar refractivity (Wildman–Crippen MR) is 73.0 cm³/mol. The molecule has 1 rings (SSSR count). The highest BCUT2D eigenvalue weighted by molar-refractivity contribution is 8.00. The second kappa shape index (κ2) is 7.21. The van der Waals surface area contributed by atoms with E-state index in [1.165, 1.54) is 7.11 Å². The standard InChI is InChI=1S/C14H18O3S/c1-4-13(15)11-5-7-12(8-6-11)18-10(2)9-14(16)17-3/h5-8,10H,4,9H2,1-3H3. The first-order chi connectivity index (χ1) is 8.56. The number of ketones is 1. The van der Waals surface area contributed by atoms with Gasteiger partial charge in [-0.3, -0.25) is 9.59 Å². The van der Waals surface area contributed by atoms with Gasteiger partial charge in [0.1, 0.15) is 0 Å². The van der Waals surface area contributed by atoms with Gasteiger partial charge in [0.25, 0.3) is 0 Å². The Labute approximate surface area is 112 Å². The summed E-state index contributed by atoms with van der Waals surface area (Å²) in [5.41, 5.74) is 0.738. The summed E-state index contributed by atoms with van der Waals surface area (Å²) in [5, 5.41) is 0.158. The van der Waals surface area contributed by atoms with Gasteiger partial charge in [0, 0.05) is 22.1 Å².